The number of rotatable bonds is 2. The molecule has 0 N–H and O–H groups in total. The highest BCUT2D eigenvalue weighted by atomic mass is 16.7. The molecule has 1 saturated carbocycles. The Morgan fingerprint density at radius 2 is 1.72 bits per heavy atom. The van der Waals surface area contributed by atoms with E-state index < -0.39 is 23.9 Å². The van der Waals surface area contributed by atoms with E-state index in [2.05, 4.69) is 0 Å². The fourth-order valence-electron chi connectivity index (χ4n) is 3.00. The average Bonchev–Trinajstić information content (AvgIpc) is 3.24. The van der Waals surface area contributed by atoms with Crippen LogP contribution in [0.2, 0.25) is 0 Å². The van der Waals surface area contributed by atoms with Gasteiger partial charge in [0.15, 0.2) is 0 Å². The molecule has 0 unspecified atom stereocenters. The van der Waals surface area contributed by atoms with E-state index in [1.54, 1.807) is 4.90 Å². The van der Waals surface area contributed by atoms with Gasteiger partial charge in [-0.15, -0.1) is 0 Å². The zero-order valence-electron chi connectivity index (χ0n) is 16.5. The van der Waals surface area contributed by atoms with Crippen molar-refractivity contribution in [3.05, 3.63) is 11.4 Å². The number of allylic oxidation sites excluding steroid dienone is 1. The van der Waals surface area contributed by atoms with Crippen LogP contribution in [0.3, 0.4) is 0 Å². The first-order chi connectivity index (χ1) is 11.4. The molecule has 7 heteroatoms. The maximum Gasteiger partial charge on any atom is 0.534 e. The number of carbonyl (C=O) groups excluding carboxylic acids is 1. The van der Waals surface area contributed by atoms with E-state index in [1.165, 1.54) is 0 Å². The average molecular weight is 351 g/mol. The van der Waals surface area contributed by atoms with Crippen molar-refractivity contribution in [1.29, 1.82) is 0 Å². The maximum atomic E-state index is 12.7. The van der Waals surface area contributed by atoms with Crippen molar-refractivity contribution in [1.82, 2.24) is 4.90 Å². The fourth-order valence-corrected chi connectivity index (χ4v) is 3.00. The van der Waals surface area contributed by atoms with Crippen molar-refractivity contribution in [2.24, 2.45) is 5.92 Å². The molecular formula is C18H30BNO5. The highest BCUT2D eigenvalue weighted by Crippen LogP contribution is 2.45. The summed E-state index contributed by atoms with van der Waals surface area (Å²) in [6, 6.07) is 0. The molecule has 0 bridgehead atoms. The van der Waals surface area contributed by atoms with Crippen molar-refractivity contribution in [3.8, 4) is 0 Å². The van der Waals surface area contributed by atoms with Gasteiger partial charge in [0.1, 0.15) is 17.9 Å². The van der Waals surface area contributed by atoms with Gasteiger partial charge < -0.3 is 18.8 Å². The van der Waals surface area contributed by atoms with Crippen LogP contribution in [0, 0.1) is 5.92 Å². The summed E-state index contributed by atoms with van der Waals surface area (Å²) in [6.45, 7) is 14.6. The third kappa shape index (κ3) is 3.67. The van der Waals surface area contributed by atoms with Gasteiger partial charge in [0, 0.05) is 5.92 Å². The van der Waals surface area contributed by atoms with Crippen LogP contribution in [-0.4, -0.2) is 48.1 Å². The molecule has 6 nitrogen and oxygen atoms in total. The molecule has 2 fully saturated rings. The Kier molecular flexibility index (Phi) is 4.39. The van der Waals surface area contributed by atoms with Gasteiger partial charge in [-0.2, -0.15) is 0 Å². The van der Waals surface area contributed by atoms with Gasteiger partial charge in [0.25, 0.3) is 0 Å². The Labute approximate surface area is 151 Å². The SMILES string of the molecule is CC(C)(C)OC(=O)N1CCOC(B2OC(C)(C)C(C)(C)O2)=C1C1CC1. The molecule has 0 aromatic heterocycles. The lowest BCUT2D eigenvalue weighted by molar-refractivity contribution is 0.00578. The lowest BCUT2D eigenvalue weighted by atomic mass is 9.83. The monoisotopic (exact) mass is 351 g/mol. The molecule has 0 aromatic rings. The molecule has 25 heavy (non-hydrogen) atoms. The minimum atomic E-state index is -0.592. The first-order valence-electron chi connectivity index (χ1n) is 9.14. The summed E-state index contributed by atoms with van der Waals surface area (Å²) in [5.74, 6) is 0.307. The van der Waals surface area contributed by atoms with Crippen molar-refractivity contribution < 1.29 is 23.6 Å². The molecule has 2 heterocycles. The molecule has 140 valence electrons. The first kappa shape index (κ1) is 18.6. The Bertz CT molecular complexity index is 573. The third-order valence-electron chi connectivity index (χ3n) is 5.16. The molecule has 1 aliphatic carbocycles. The van der Waals surface area contributed by atoms with Crippen molar-refractivity contribution >= 4 is 13.2 Å². The van der Waals surface area contributed by atoms with Crippen LogP contribution in [0.4, 0.5) is 4.79 Å². The molecule has 0 spiro atoms. The Hall–Kier alpha value is -1.21. The number of amides is 1. The fraction of sp³-hybridized carbons (Fsp3) is 0.833. The van der Waals surface area contributed by atoms with Gasteiger partial charge in [0.2, 0.25) is 0 Å². The number of hydrogen-bond donors (Lipinski definition) is 0. The minimum Gasteiger partial charge on any atom is -0.498 e. The van der Waals surface area contributed by atoms with Gasteiger partial charge in [0.05, 0.1) is 23.4 Å². The summed E-state index contributed by atoms with van der Waals surface area (Å²) in [6.07, 6.45) is 1.76. The van der Waals surface area contributed by atoms with Crippen LogP contribution in [0.1, 0.15) is 61.3 Å². The molecule has 1 saturated heterocycles. The van der Waals surface area contributed by atoms with Crippen LogP contribution in [-0.2, 0) is 18.8 Å². The Morgan fingerprint density at radius 3 is 2.20 bits per heavy atom. The lowest BCUT2D eigenvalue weighted by Gasteiger charge is -2.34. The van der Waals surface area contributed by atoms with E-state index in [-0.39, 0.29) is 6.09 Å². The van der Waals surface area contributed by atoms with Gasteiger partial charge >= 0.3 is 13.2 Å². The second kappa shape index (κ2) is 5.91. The van der Waals surface area contributed by atoms with Crippen molar-refractivity contribution in [2.45, 2.75) is 78.1 Å². The summed E-state index contributed by atoms with van der Waals surface area (Å²) in [5.41, 5.74) is 0.0831. The molecule has 2 aliphatic heterocycles. The second-order valence-electron chi connectivity index (χ2n) is 9.09. The number of carbonyl (C=O) groups is 1. The topological polar surface area (TPSA) is 57.2 Å². The normalized spacial score (nSPS) is 25.9. The number of nitrogens with zero attached hydrogens (tertiary/aromatic N) is 1. The van der Waals surface area contributed by atoms with Crippen LogP contribution in [0.25, 0.3) is 0 Å². The molecule has 0 aromatic carbocycles. The van der Waals surface area contributed by atoms with Crippen molar-refractivity contribution in [2.75, 3.05) is 13.2 Å². The number of hydrogen-bond acceptors (Lipinski definition) is 5. The summed E-state index contributed by atoms with van der Waals surface area (Å²) >= 11 is 0. The molecular weight excluding hydrogens is 321 g/mol. The first-order valence-corrected chi connectivity index (χ1v) is 9.14. The predicted octanol–water partition coefficient (Wildman–Crippen LogP) is 3.51. The van der Waals surface area contributed by atoms with E-state index in [0.717, 1.165) is 18.5 Å². The molecule has 3 aliphatic rings. The van der Waals surface area contributed by atoms with Crippen LogP contribution in [0.5, 0.6) is 0 Å². The van der Waals surface area contributed by atoms with Gasteiger partial charge in [-0.25, -0.2) is 4.79 Å². The van der Waals surface area contributed by atoms with Crippen molar-refractivity contribution in [3.63, 3.8) is 0 Å². The van der Waals surface area contributed by atoms with Crippen LogP contribution >= 0.6 is 0 Å². The summed E-state index contributed by atoms with van der Waals surface area (Å²) in [5, 5.41) is 0. The lowest BCUT2D eigenvalue weighted by Crippen LogP contribution is -2.44. The third-order valence-corrected chi connectivity index (χ3v) is 5.16. The predicted molar refractivity (Wildman–Crippen MR) is 94.7 cm³/mol. The summed E-state index contributed by atoms with van der Waals surface area (Å²) in [7, 11) is -0.592. The summed E-state index contributed by atoms with van der Waals surface area (Å²) in [4.78, 5) is 14.4. The largest absolute Gasteiger partial charge is 0.534 e. The minimum absolute atomic E-state index is 0.307. The Balaban J connectivity index is 1.90. The van der Waals surface area contributed by atoms with Crippen LogP contribution in [0.15, 0.2) is 11.4 Å². The number of ether oxygens (including phenoxy) is 2. The molecule has 0 atom stereocenters. The second-order valence-corrected chi connectivity index (χ2v) is 9.09. The molecule has 3 rings (SSSR count). The van der Waals surface area contributed by atoms with Gasteiger partial charge in [-0.05, 0) is 61.3 Å². The van der Waals surface area contributed by atoms with E-state index in [1.807, 2.05) is 48.5 Å². The zero-order chi connectivity index (χ0) is 18.6. The van der Waals surface area contributed by atoms with Crippen LogP contribution < -0.4 is 0 Å². The molecule has 0 radical (unpaired) electrons. The molecule has 1 amide bonds. The van der Waals surface area contributed by atoms with Gasteiger partial charge in [-0.1, -0.05) is 0 Å². The van der Waals surface area contributed by atoms with E-state index in [4.69, 9.17) is 18.8 Å². The maximum absolute atomic E-state index is 12.7. The Morgan fingerprint density at radius 1 is 1.16 bits per heavy atom. The van der Waals surface area contributed by atoms with E-state index >= 15 is 0 Å². The highest BCUT2D eigenvalue weighted by Gasteiger charge is 2.56. The smallest absolute Gasteiger partial charge is 0.498 e. The quantitative estimate of drug-likeness (QED) is 0.713. The highest BCUT2D eigenvalue weighted by molar-refractivity contribution is 6.54. The van der Waals surface area contributed by atoms with Gasteiger partial charge in [-0.3, -0.25) is 4.90 Å². The summed E-state index contributed by atoms with van der Waals surface area (Å²) < 4.78 is 23.9. The van der Waals surface area contributed by atoms with E-state index in [0.29, 0.717) is 24.7 Å². The standard InChI is InChI=1S/C18H30BNO5/c1-16(2,3)23-15(21)20-10-11-22-14(13(20)12-8-9-12)19-24-17(4,5)18(6,7)25-19/h12H,8-11H2,1-7H3. The van der Waals surface area contributed by atoms with E-state index in [9.17, 15) is 4.79 Å². The zero-order valence-corrected chi connectivity index (χ0v) is 16.5.